The number of ether oxygens (including phenoxy) is 2. The van der Waals surface area contributed by atoms with Gasteiger partial charge < -0.3 is 15.2 Å². The second-order valence-electron chi connectivity index (χ2n) is 8.03. The molecule has 12 heteroatoms. The van der Waals surface area contributed by atoms with Gasteiger partial charge in [-0.05, 0) is 96.8 Å². The molecule has 10 nitrogen and oxygen atoms in total. The molecule has 0 unspecified atom stereocenters. The third kappa shape index (κ3) is 9.60. The van der Waals surface area contributed by atoms with Crippen LogP contribution in [0.1, 0.15) is 0 Å². The van der Waals surface area contributed by atoms with Crippen LogP contribution in [0.5, 0.6) is 23.0 Å². The van der Waals surface area contributed by atoms with E-state index in [-0.39, 0.29) is 0 Å². The number of hydrogen-bond donors (Lipinski definition) is 1. The van der Waals surface area contributed by atoms with E-state index >= 15 is 0 Å². The molecule has 42 heavy (non-hydrogen) atoms. The smallest absolute Gasteiger partial charge is 0.190 e. The first-order valence-electron chi connectivity index (χ1n) is 12.3. The van der Waals surface area contributed by atoms with E-state index < -0.39 is 0 Å². The Morgan fingerprint density at radius 2 is 1.07 bits per heavy atom. The van der Waals surface area contributed by atoms with E-state index in [4.69, 9.17) is 32.7 Å². The van der Waals surface area contributed by atoms with E-state index in [1.807, 2.05) is 41.8 Å². The van der Waals surface area contributed by atoms with Crippen molar-refractivity contribution in [3.05, 3.63) is 135 Å². The quantitative estimate of drug-likeness (QED) is 0.100. The molecule has 208 valence electrons. The molecule has 6 rings (SSSR count). The zero-order valence-corrected chi connectivity index (χ0v) is 23.7. The summed E-state index contributed by atoms with van der Waals surface area (Å²) >= 11 is 6.27. The molecular weight excluding hydrogens is 569 g/mol. The van der Waals surface area contributed by atoms with Crippen LogP contribution in [-0.4, -0.2) is 34.2 Å². The standard InChI is InChI=1S/C12H8N2OS.C11H10N2O.C7H6N4S/c13-9-16-12-3-1-10(2-4-12)15-11-5-7-14-8-6-11;12-9-1-3-10(4-2-9)14-11-5-7-13-8-6-11;12-7(10-3-1-8-5-10)11-4-2-9-6-11/h1-8H;1-8H,12H2;1-6H. The summed E-state index contributed by atoms with van der Waals surface area (Å²) in [6, 6.07) is 21.8. The highest BCUT2D eigenvalue weighted by atomic mass is 32.2. The Kier molecular flexibility index (Phi) is 11.2. The van der Waals surface area contributed by atoms with Gasteiger partial charge >= 0.3 is 0 Å². The first-order valence-corrected chi connectivity index (χ1v) is 13.5. The third-order valence-electron chi connectivity index (χ3n) is 5.09. The molecule has 0 spiro atoms. The average Bonchev–Trinajstić information content (AvgIpc) is 3.77. The lowest BCUT2D eigenvalue weighted by Crippen LogP contribution is -2.15. The minimum absolute atomic E-state index is 0.644. The van der Waals surface area contributed by atoms with Gasteiger partial charge in [0.05, 0.1) is 0 Å². The van der Waals surface area contributed by atoms with Gasteiger partial charge in [-0.25, -0.2) is 9.97 Å². The molecule has 0 bridgehead atoms. The number of imidazole rings is 2. The lowest BCUT2D eigenvalue weighted by atomic mass is 10.3. The summed E-state index contributed by atoms with van der Waals surface area (Å²) in [5.74, 6) is 3.03. The molecule has 0 atom stereocenters. The maximum atomic E-state index is 8.50. The lowest BCUT2D eigenvalue weighted by Gasteiger charge is -2.04. The van der Waals surface area contributed by atoms with Crippen molar-refractivity contribution in [3.63, 3.8) is 0 Å². The normalized spacial score (nSPS) is 9.69. The van der Waals surface area contributed by atoms with Crippen molar-refractivity contribution in [2.75, 3.05) is 5.73 Å². The number of aromatic nitrogens is 6. The number of hydrogen-bond acceptors (Lipinski definition) is 10. The summed E-state index contributed by atoms with van der Waals surface area (Å²) in [6.07, 6.45) is 17.0. The van der Waals surface area contributed by atoms with Crippen molar-refractivity contribution < 1.29 is 9.47 Å². The van der Waals surface area contributed by atoms with Gasteiger partial charge in [-0.15, -0.1) is 0 Å². The molecule has 0 aliphatic rings. The number of nitrogens with two attached hydrogens (primary N) is 1. The summed E-state index contributed by atoms with van der Waals surface area (Å²) in [6.45, 7) is 0. The van der Waals surface area contributed by atoms with Crippen molar-refractivity contribution in [2.45, 2.75) is 4.90 Å². The SMILES string of the molecule is N#CSc1ccc(Oc2ccncc2)cc1.Nc1ccc(Oc2ccncc2)cc1.S=C(n1ccnc1)n1ccnc1. The van der Waals surface area contributed by atoms with E-state index in [9.17, 15) is 0 Å². The molecule has 0 amide bonds. The van der Waals surface area contributed by atoms with E-state index in [1.54, 1.807) is 108 Å². The number of nitriles is 1. The highest BCUT2D eigenvalue weighted by Gasteiger charge is 2.00. The zero-order valence-electron chi connectivity index (χ0n) is 22.0. The van der Waals surface area contributed by atoms with Crippen LogP contribution in [-0.2, 0) is 0 Å². The largest absolute Gasteiger partial charge is 0.457 e. The molecule has 0 aliphatic carbocycles. The van der Waals surface area contributed by atoms with Crippen LogP contribution >= 0.6 is 24.0 Å². The molecule has 0 radical (unpaired) electrons. The number of nitrogen functional groups attached to an aromatic ring is 1. The fourth-order valence-electron chi connectivity index (χ4n) is 3.13. The van der Waals surface area contributed by atoms with Crippen molar-refractivity contribution >= 4 is 34.8 Å². The number of thiocarbonyl (C=S) groups is 1. The van der Waals surface area contributed by atoms with Crippen LogP contribution in [0.2, 0.25) is 0 Å². The molecular formula is C30H24N8O2S2. The molecule has 0 saturated heterocycles. The van der Waals surface area contributed by atoms with Gasteiger partial charge in [0.25, 0.3) is 0 Å². The van der Waals surface area contributed by atoms with Crippen molar-refractivity contribution in [2.24, 2.45) is 0 Å². The van der Waals surface area contributed by atoms with Gasteiger partial charge in [0.2, 0.25) is 0 Å². The Balaban J connectivity index is 0.000000146. The number of anilines is 1. The molecule has 4 heterocycles. The van der Waals surface area contributed by atoms with Crippen LogP contribution in [0.15, 0.2) is 140 Å². The number of pyridine rings is 2. The number of thioether (sulfide) groups is 1. The van der Waals surface area contributed by atoms with Crippen LogP contribution in [0.25, 0.3) is 0 Å². The van der Waals surface area contributed by atoms with Crippen LogP contribution in [0.4, 0.5) is 5.69 Å². The summed E-state index contributed by atoms with van der Waals surface area (Å²) in [7, 11) is 0. The second-order valence-corrected chi connectivity index (χ2v) is 9.25. The number of thiocyanates is 1. The van der Waals surface area contributed by atoms with Gasteiger partial charge in [0.15, 0.2) is 5.11 Å². The van der Waals surface area contributed by atoms with E-state index in [0.717, 1.165) is 45.3 Å². The molecule has 0 saturated carbocycles. The van der Waals surface area contributed by atoms with Gasteiger partial charge in [-0.2, -0.15) is 5.26 Å². The predicted molar refractivity (Wildman–Crippen MR) is 165 cm³/mol. The number of benzene rings is 2. The van der Waals surface area contributed by atoms with Crippen molar-refractivity contribution in [1.82, 2.24) is 29.1 Å². The van der Waals surface area contributed by atoms with Crippen LogP contribution < -0.4 is 15.2 Å². The van der Waals surface area contributed by atoms with Crippen molar-refractivity contribution in [1.29, 1.82) is 5.26 Å². The van der Waals surface area contributed by atoms with Crippen LogP contribution in [0, 0.1) is 10.7 Å². The second kappa shape index (κ2) is 15.9. The van der Waals surface area contributed by atoms with Gasteiger partial charge in [0, 0.05) is 60.2 Å². The van der Waals surface area contributed by atoms with E-state index in [1.165, 1.54) is 0 Å². The number of nitrogens with zero attached hydrogens (tertiary/aromatic N) is 7. The predicted octanol–water partition coefficient (Wildman–Crippen LogP) is 6.66. The lowest BCUT2D eigenvalue weighted by molar-refractivity contribution is 0.481. The first-order chi connectivity index (χ1) is 20.6. The fourth-order valence-corrected chi connectivity index (χ4v) is 3.72. The maximum absolute atomic E-state index is 8.50. The molecule has 2 aromatic carbocycles. The Morgan fingerprint density at radius 3 is 1.48 bits per heavy atom. The minimum atomic E-state index is 0.644. The maximum Gasteiger partial charge on any atom is 0.190 e. The highest BCUT2D eigenvalue weighted by molar-refractivity contribution is 8.03. The Hall–Kier alpha value is -5.51. The average molecular weight is 593 g/mol. The first kappa shape index (κ1) is 29.5. The Morgan fingerprint density at radius 1 is 0.643 bits per heavy atom. The van der Waals surface area contributed by atoms with E-state index in [0.29, 0.717) is 5.11 Å². The molecule has 0 aliphatic heterocycles. The highest BCUT2D eigenvalue weighted by Crippen LogP contribution is 2.24. The summed E-state index contributed by atoms with van der Waals surface area (Å²) in [5.41, 5.74) is 6.28. The van der Waals surface area contributed by atoms with Crippen molar-refractivity contribution in [3.8, 4) is 28.4 Å². The molecule has 0 fully saturated rings. The third-order valence-corrected chi connectivity index (χ3v) is 6.11. The van der Waals surface area contributed by atoms with Gasteiger partial charge in [0.1, 0.15) is 41.1 Å². The topological polar surface area (TPSA) is 130 Å². The Bertz CT molecular complexity index is 1620. The summed E-state index contributed by atoms with van der Waals surface area (Å²) < 4.78 is 14.6. The fraction of sp³-hybridized carbons (Fsp3) is 0. The van der Waals surface area contributed by atoms with Crippen LogP contribution in [0.3, 0.4) is 0 Å². The number of rotatable bonds is 5. The molecule has 6 aromatic rings. The summed E-state index contributed by atoms with van der Waals surface area (Å²) in [4.78, 5) is 16.5. The summed E-state index contributed by atoms with van der Waals surface area (Å²) in [5, 5.41) is 11.2. The van der Waals surface area contributed by atoms with Gasteiger partial charge in [-0.1, -0.05) is 0 Å². The Labute approximate surface area is 252 Å². The molecule has 4 aromatic heterocycles. The minimum Gasteiger partial charge on any atom is -0.457 e. The molecule has 2 N–H and O–H groups in total. The van der Waals surface area contributed by atoms with E-state index in [2.05, 4.69) is 19.9 Å². The monoisotopic (exact) mass is 592 g/mol. The zero-order chi connectivity index (χ0) is 29.4. The van der Waals surface area contributed by atoms with Gasteiger partial charge in [-0.3, -0.25) is 19.1 Å².